The van der Waals surface area contributed by atoms with Crippen LogP contribution in [0.2, 0.25) is 0 Å². The highest BCUT2D eigenvalue weighted by Gasteiger charge is 2.27. The van der Waals surface area contributed by atoms with E-state index >= 15 is 0 Å². The van der Waals surface area contributed by atoms with Crippen molar-refractivity contribution in [2.24, 2.45) is 5.92 Å². The van der Waals surface area contributed by atoms with Crippen molar-refractivity contribution in [2.45, 2.75) is 32.2 Å². The Balaban J connectivity index is 1.80. The predicted molar refractivity (Wildman–Crippen MR) is 51.2 cm³/mol. The number of hydrogen-bond acceptors (Lipinski definition) is 2. The van der Waals surface area contributed by atoms with Gasteiger partial charge in [-0.2, -0.15) is 0 Å². The van der Waals surface area contributed by atoms with E-state index < -0.39 is 0 Å². The maximum Gasteiger partial charge on any atom is 0.0107 e. The molecule has 0 bridgehead atoms. The zero-order valence-corrected chi connectivity index (χ0v) is 8.05. The standard InChI is InChI=1S/C10H20N2/c1-9(12-6-3-7-12)10-4-2-5-11-8-10/h9-11H,2-8H2,1H3. The summed E-state index contributed by atoms with van der Waals surface area (Å²) in [6.45, 7) is 7.58. The van der Waals surface area contributed by atoms with Gasteiger partial charge in [0, 0.05) is 6.04 Å². The third-order valence-corrected chi connectivity index (χ3v) is 3.48. The van der Waals surface area contributed by atoms with Crippen molar-refractivity contribution < 1.29 is 0 Å². The molecule has 0 spiro atoms. The highest BCUT2D eigenvalue weighted by Crippen LogP contribution is 2.22. The lowest BCUT2D eigenvalue weighted by Gasteiger charge is -2.41. The molecule has 0 aliphatic carbocycles. The summed E-state index contributed by atoms with van der Waals surface area (Å²) in [7, 11) is 0. The maximum atomic E-state index is 3.49. The first kappa shape index (κ1) is 8.52. The Labute approximate surface area is 75.3 Å². The van der Waals surface area contributed by atoms with Gasteiger partial charge in [0.15, 0.2) is 0 Å². The largest absolute Gasteiger partial charge is 0.316 e. The monoisotopic (exact) mass is 168 g/mol. The maximum absolute atomic E-state index is 3.49. The van der Waals surface area contributed by atoms with E-state index in [1.165, 1.54) is 45.4 Å². The van der Waals surface area contributed by atoms with Crippen molar-refractivity contribution in [3.8, 4) is 0 Å². The van der Waals surface area contributed by atoms with Gasteiger partial charge in [-0.15, -0.1) is 0 Å². The molecule has 0 aromatic heterocycles. The molecular weight excluding hydrogens is 148 g/mol. The zero-order chi connectivity index (χ0) is 8.39. The van der Waals surface area contributed by atoms with Gasteiger partial charge in [-0.1, -0.05) is 0 Å². The molecule has 2 saturated heterocycles. The molecule has 0 aromatic carbocycles. The first-order valence-electron chi connectivity index (χ1n) is 5.32. The van der Waals surface area contributed by atoms with Crippen LogP contribution in [0, 0.1) is 5.92 Å². The average molecular weight is 168 g/mol. The van der Waals surface area contributed by atoms with Crippen molar-refractivity contribution in [3.63, 3.8) is 0 Å². The normalized spacial score (nSPS) is 34.2. The Bertz CT molecular complexity index is 137. The van der Waals surface area contributed by atoms with Gasteiger partial charge >= 0.3 is 0 Å². The molecular formula is C10H20N2. The molecule has 2 fully saturated rings. The molecule has 0 aromatic rings. The molecule has 0 radical (unpaired) electrons. The third-order valence-electron chi connectivity index (χ3n) is 3.48. The Hall–Kier alpha value is -0.0800. The molecule has 0 saturated carbocycles. The van der Waals surface area contributed by atoms with E-state index in [0.29, 0.717) is 0 Å². The number of likely N-dealkylation sites (tertiary alicyclic amines) is 1. The zero-order valence-electron chi connectivity index (χ0n) is 8.05. The van der Waals surface area contributed by atoms with Gasteiger partial charge in [-0.3, -0.25) is 0 Å². The smallest absolute Gasteiger partial charge is 0.0107 e. The van der Waals surface area contributed by atoms with Gasteiger partial charge in [-0.05, 0) is 58.3 Å². The lowest BCUT2D eigenvalue weighted by Crippen LogP contribution is -2.50. The van der Waals surface area contributed by atoms with Crippen LogP contribution in [0.25, 0.3) is 0 Å². The molecule has 1 N–H and O–H groups in total. The second kappa shape index (κ2) is 3.75. The van der Waals surface area contributed by atoms with Crippen LogP contribution < -0.4 is 5.32 Å². The van der Waals surface area contributed by atoms with Gasteiger partial charge in [0.1, 0.15) is 0 Å². The molecule has 2 heterocycles. The lowest BCUT2D eigenvalue weighted by atomic mass is 9.90. The summed E-state index contributed by atoms with van der Waals surface area (Å²) in [5, 5.41) is 3.49. The Morgan fingerprint density at radius 3 is 2.67 bits per heavy atom. The van der Waals surface area contributed by atoms with Gasteiger partial charge in [0.05, 0.1) is 0 Å². The summed E-state index contributed by atoms with van der Waals surface area (Å²) >= 11 is 0. The van der Waals surface area contributed by atoms with Crippen LogP contribution in [0.3, 0.4) is 0 Å². The molecule has 2 aliphatic rings. The van der Waals surface area contributed by atoms with Gasteiger partial charge in [-0.25, -0.2) is 0 Å². The predicted octanol–water partition coefficient (Wildman–Crippen LogP) is 1.08. The highest BCUT2D eigenvalue weighted by molar-refractivity contribution is 4.83. The fourth-order valence-electron chi connectivity index (χ4n) is 2.34. The molecule has 2 atom stereocenters. The number of nitrogens with zero attached hydrogens (tertiary/aromatic N) is 1. The van der Waals surface area contributed by atoms with Crippen LogP contribution >= 0.6 is 0 Å². The van der Waals surface area contributed by atoms with Crippen molar-refractivity contribution in [2.75, 3.05) is 26.2 Å². The average Bonchev–Trinajstić information content (AvgIpc) is 2.03. The van der Waals surface area contributed by atoms with Crippen LogP contribution in [0.4, 0.5) is 0 Å². The Kier molecular flexibility index (Phi) is 2.66. The number of nitrogens with one attached hydrogen (secondary N) is 1. The van der Waals surface area contributed by atoms with Crippen molar-refractivity contribution in [1.82, 2.24) is 10.2 Å². The summed E-state index contributed by atoms with van der Waals surface area (Å²) < 4.78 is 0. The first-order chi connectivity index (χ1) is 5.88. The lowest BCUT2D eigenvalue weighted by molar-refractivity contribution is 0.0786. The van der Waals surface area contributed by atoms with Crippen LogP contribution in [0.1, 0.15) is 26.2 Å². The number of hydrogen-bond donors (Lipinski definition) is 1. The van der Waals surface area contributed by atoms with Gasteiger partial charge < -0.3 is 10.2 Å². The van der Waals surface area contributed by atoms with Crippen LogP contribution in [-0.4, -0.2) is 37.1 Å². The molecule has 2 aliphatic heterocycles. The molecule has 2 rings (SSSR count). The highest BCUT2D eigenvalue weighted by atomic mass is 15.2. The van der Waals surface area contributed by atoms with E-state index in [1.54, 1.807) is 0 Å². The summed E-state index contributed by atoms with van der Waals surface area (Å²) in [4.78, 5) is 2.62. The molecule has 2 heteroatoms. The summed E-state index contributed by atoms with van der Waals surface area (Å²) in [5.74, 6) is 0.916. The molecule has 2 unspecified atom stereocenters. The van der Waals surface area contributed by atoms with Crippen molar-refractivity contribution >= 4 is 0 Å². The summed E-state index contributed by atoms with van der Waals surface area (Å²) in [6.07, 6.45) is 4.23. The molecule has 0 amide bonds. The molecule has 2 nitrogen and oxygen atoms in total. The number of rotatable bonds is 2. The van der Waals surface area contributed by atoms with E-state index in [9.17, 15) is 0 Å². The fourth-order valence-corrected chi connectivity index (χ4v) is 2.34. The minimum absolute atomic E-state index is 0.826. The molecule has 12 heavy (non-hydrogen) atoms. The second-order valence-corrected chi connectivity index (χ2v) is 4.24. The Morgan fingerprint density at radius 1 is 1.33 bits per heavy atom. The minimum atomic E-state index is 0.826. The first-order valence-corrected chi connectivity index (χ1v) is 5.32. The van der Waals surface area contributed by atoms with Crippen molar-refractivity contribution in [1.29, 1.82) is 0 Å². The van der Waals surface area contributed by atoms with Gasteiger partial charge in [0.2, 0.25) is 0 Å². The van der Waals surface area contributed by atoms with E-state index in [2.05, 4.69) is 17.1 Å². The van der Waals surface area contributed by atoms with Crippen LogP contribution in [0.5, 0.6) is 0 Å². The fraction of sp³-hybridized carbons (Fsp3) is 1.00. The van der Waals surface area contributed by atoms with Crippen molar-refractivity contribution in [3.05, 3.63) is 0 Å². The van der Waals surface area contributed by atoms with E-state index in [4.69, 9.17) is 0 Å². The van der Waals surface area contributed by atoms with Crippen LogP contribution in [0.15, 0.2) is 0 Å². The minimum Gasteiger partial charge on any atom is -0.316 e. The topological polar surface area (TPSA) is 15.3 Å². The SMILES string of the molecule is CC(C1CCCNC1)N1CCC1. The van der Waals surface area contributed by atoms with E-state index in [-0.39, 0.29) is 0 Å². The quantitative estimate of drug-likeness (QED) is 0.664. The Morgan fingerprint density at radius 2 is 2.17 bits per heavy atom. The summed E-state index contributed by atoms with van der Waals surface area (Å²) in [5.41, 5.74) is 0. The van der Waals surface area contributed by atoms with E-state index in [0.717, 1.165) is 12.0 Å². The second-order valence-electron chi connectivity index (χ2n) is 4.24. The number of piperidine rings is 1. The molecule has 70 valence electrons. The van der Waals surface area contributed by atoms with Crippen LogP contribution in [-0.2, 0) is 0 Å². The third kappa shape index (κ3) is 1.64. The van der Waals surface area contributed by atoms with Gasteiger partial charge in [0.25, 0.3) is 0 Å². The van der Waals surface area contributed by atoms with E-state index in [1.807, 2.05) is 0 Å². The summed E-state index contributed by atoms with van der Waals surface area (Å²) in [6, 6.07) is 0.826.